The van der Waals surface area contributed by atoms with Crippen molar-refractivity contribution in [1.82, 2.24) is 5.32 Å². The van der Waals surface area contributed by atoms with Crippen molar-refractivity contribution in [2.75, 3.05) is 6.54 Å². The molecule has 0 saturated carbocycles. The van der Waals surface area contributed by atoms with Crippen LogP contribution in [-0.2, 0) is 11.3 Å². The summed E-state index contributed by atoms with van der Waals surface area (Å²) in [5.41, 5.74) is 0.659. The Balaban J connectivity index is 2.20. The summed E-state index contributed by atoms with van der Waals surface area (Å²) >= 11 is 4.52. The van der Waals surface area contributed by atoms with Crippen LogP contribution in [0.2, 0.25) is 0 Å². The highest BCUT2D eigenvalue weighted by Gasteiger charge is 2.06. The van der Waals surface area contributed by atoms with Crippen LogP contribution in [-0.4, -0.2) is 27.7 Å². The van der Waals surface area contributed by atoms with E-state index in [1.807, 2.05) is 0 Å². The van der Waals surface area contributed by atoms with Gasteiger partial charge in [-0.15, -0.1) is 0 Å². The molecular formula is C13H16N2O5S. The van der Waals surface area contributed by atoms with Gasteiger partial charge in [-0.1, -0.05) is 0 Å². The third-order valence-electron chi connectivity index (χ3n) is 2.60. The fraction of sp³-hybridized carbons (Fsp3) is 0.385. The molecule has 0 aliphatic carbocycles. The first kappa shape index (κ1) is 16.8. The first-order valence-corrected chi connectivity index (χ1v) is 6.75. The third-order valence-corrected chi connectivity index (χ3v) is 2.81. The Morgan fingerprint density at radius 3 is 2.57 bits per heavy atom. The summed E-state index contributed by atoms with van der Waals surface area (Å²) < 4.78 is 4.96. The molecule has 1 rings (SSSR count). The maximum atomic E-state index is 11.4. The molecule has 7 nitrogen and oxygen atoms in total. The molecule has 1 aromatic rings. The molecule has 0 fully saturated rings. The first-order chi connectivity index (χ1) is 9.99. The number of nitrogens with zero attached hydrogens (tertiary/aromatic N) is 1. The smallest absolute Gasteiger partial charge is 0.407 e. The van der Waals surface area contributed by atoms with E-state index in [1.165, 1.54) is 24.3 Å². The van der Waals surface area contributed by atoms with E-state index in [0.717, 1.165) is 0 Å². The number of hydrogen-bond donors (Lipinski definition) is 2. The van der Waals surface area contributed by atoms with E-state index in [0.29, 0.717) is 31.4 Å². The Labute approximate surface area is 127 Å². The number of hydrogen-bond acceptors (Lipinski definition) is 5. The van der Waals surface area contributed by atoms with Crippen molar-refractivity contribution in [3.05, 3.63) is 39.9 Å². The van der Waals surface area contributed by atoms with E-state index in [1.54, 1.807) is 0 Å². The largest absolute Gasteiger partial charge is 0.502 e. The van der Waals surface area contributed by atoms with Crippen molar-refractivity contribution in [3.63, 3.8) is 0 Å². The van der Waals surface area contributed by atoms with Crippen LogP contribution in [0.5, 0.6) is 0 Å². The van der Waals surface area contributed by atoms with Crippen molar-refractivity contribution >= 4 is 29.0 Å². The lowest BCUT2D eigenvalue weighted by Gasteiger charge is -2.06. The molecule has 2 N–H and O–H groups in total. The first-order valence-electron chi connectivity index (χ1n) is 6.35. The van der Waals surface area contributed by atoms with Crippen molar-refractivity contribution in [2.45, 2.75) is 25.9 Å². The minimum atomic E-state index is -0.556. The van der Waals surface area contributed by atoms with Gasteiger partial charge < -0.3 is 15.2 Å². The lowest BCUT2D eigenvalue weighted by atomic mass is 10.2. The fourth-order valence-electron chi connectivity index (χ4n) is 1.51. The van der Waals surface area contributed by atoms with Gasteiger partial charge in [0.2, 0.25) is 0 Å². The van der Waals surface area contributed by atoms with Crippen molar-refractivity contribution in [1.29, 1.82) is 0 Å². The SMILES string of the molecule is O=C(NCCCCC(O)=S)OCc1ccc([N+](=O)[O-])cc1. The van der Waals surface area contributed by atoms with Crippen molar-refractivity contribution in [3.8, 4) is 0 Å². The monoisotopic (exact) mass is 312 g/mol. The van der Waals surface area contributed by atoms with E-state index in [9.17, 15) is 14.9 Å². The average molecular weight is 312 g/mol. The number of aliphatic hydroxyl groups excluding tert-OH is 1. The van der Waals surface area contributed by atoms with E-state index >= 15 is 0 Å². The van der Waals surface area contributed by atoms with Crippen LogP contribution in [0.4, 0.5) is 10.5 Å². The molecule has 21 heavy (non-hydrogen) atoms. The Hall–Kier alpha value is -2.22. The molecule has 0 aromatic heterocycles. The predicted octanol–water partition coefficient (Wildman–Crippen LogP) is 2.88. The molecule has 1 aromatic carbocycles. The number of nitro groups is 1. The molecule has 0 radical (unpaired) electrons. The molecule has 0 bridgehead atoms. The topological polar surface area (TPSA) is 102 Å². The van der Waals surface area contributed by atoms with Gasteiger partial charge in [-0.3, -0.25) is 10.1 Å². The summed E-state index contributed by atoms with van der Waals surface area (Å²) in [6.45, 7) is 0.478. The van der Waals surface area contributed by atoms with Gasteiger partial charge >= 0.3 is 6.09 Å². The quantitative estimate of drug-likeness (QED) is 0.331. The highest BCUT2D eigenvalue weighted by atomic mass is 32.1. The van der Waals surface area contributed by atoms with Gasteiger partial charge in [-0.25, -0.2) is 4.79 Å². The number of benzene rings is 1. The van der Waals surface area contributed by atoms with Crippen molar-refractivity contribution in [2.24, 2.45) is 0 Å². The van der Waals surface area contributed by atoms with Gasteiger partial charge in [0.1, 0.15) is 6.61 Å². The zero-order valence-corrected chi connectivity index (χ0v) is 12.1. The molecule has 0 spiro atoms. The highest BCUT2D eigenvalue weighted by Crippen LogP contribution is 2.12. The molecular weight excluding hydrogens is 296 g/mol. The summed E-state index contributed by atoms with van der Waals surface area (Å²) in [6.07, 6.45) is 1.26. The van der Waals surface area contributed by atoms with Gasteiger partial charge in [0.25, 0.3) is 5.69 Å². The Morgan fingerprint density at radius 2 is 2.00 bits per heavy atom. The van der Waals surface area contributed by atoms with E-state index in [4.69, 9.17) is 9.84 Å². The molecule has 0 unspecified atom stereocenters. The number of carbonyl (C=O) groups is 1. The maximum Gasteiger partial charge on any atom is 0.407 e. The van der Waals surface area contributed by atoms with E-state index in [-0.39, 0.29) is 17.3 Å². The average Bonchev–Trinajstić information content (AvgIpc) is 2.44. The molecule has 0 saturated heterocycles. The van der Waals surface area contributed by atoms with Crippen LogP contribution in [0.25, 0.3) is 0 Å². The number of unbranched alkanes of at least 4 members (excludes halogenated alkanes) is 1. The van der Waals surface area contributed by atoms with Crippen molar-refractivity contribution < 1.29 is 19.6 Å². The molecule has 0 heterocycles. The highest BCUT2D eigenvalue weighted by molar-refractivity contribution is 7.80. The number of ether oxygens (including phenoxy) is 1. The van der Waals surface area contributed by atoms with Crippen LogP contribution >= 0.6 is 12.2 Å². The number of carbonyl (C=O) groups excluding carboxylic acids is 1. The van der Waals surface area contributed by atoms with Crippen LogP contribution in [0, 0.1) is 10.1 Å². The summed E-state index contributed by atoms with van der Waals surface area (Å²) in [4.78, 5) is 21.4. The molecule has 114 valence electrons. The minimum Gasteiger partial charge on any atom is -0.502 e. The van der Waals surface area contributed by atoms with Gasteiger partial charge in [-0.2, -0.15) is 0 Å². The second-order valence-electron chi connectivity index (χ2n) is 4.28. The molecule has 0 atom stereocenters. The summed E-state index contributed by atoms with van der Waals surface area (Å²) in [6, 6.07) is 5.78. The molecule has 8 heteroatoms. The lowest BCUT2D eigenvalue weighted by molar-refractivity contribution is -0.384. The van der Waals surface area contributed by atoms with Crippen LogP contribution < -0.4 is 5.32 Å². The maximum absolute atomic E-state index is 11.4. The number of non-ortho nitro benzene ring substituents is 1. The lowest BCUT2D eigenvalue weighted by Crippen LogP contribution is -2.25. The summed E-state index contributed by atoms with van der Waals surface area (Å²) in [5, 5.41) is 21.8. The van der Waals surface area contributed by atoms with Gasteiger partial charge in [-0.05, 0) is 42.8 Å². The summed E-state index contributed by atoms with van der Waals surface area (Å²) in [7, 11) is 0. The zero-order valence-electron chi connectivity index (χ0n) is 11.3. The number of nitro benzene ring substituents is 1. The minimum absolute atomic E-state index is 0.00926. The van der Waals surface area contributed by atoms with E-state index in [2.05, 4.69) is 17.5 Å². The molecule has 0 aliphatic heterocycles. The van der Waals surface area contributed by atoms with Crippen LogP contribution in [0.15, 0.2) is 24.3 Å². The van der Waals surface area contributed by atoms with E-state index < -0.39 is 11.0 Å². The fourth-order valence-corrected chi connectivity index (χ4v) is 1.65. The van der Waals surface area contributed by atoms with Gasteiger partial charge in [0.05, 0.1) is 4.92 Å². The number of thiocarbonyl (C=S) groups is 1. The third kappa shape index (κ3) is 7.21. The number of rotatable bonds is 8. The van der Waals surface area contributed by atoms with Gasteiger partial charge in [0, 0.05) is 25.1 Å². The standard InChI is InChI=1S/C13H16N2O5S/c16-12(21)3-1-2-8-14-13(17)20-9-10-4-6-11(7-5-10)15(18)19/h4-7H,1-3,8-9H2,(H,14,17)(H,16,21). The Morgan fingerprint density at radius 1 is 1.33 bits per heavy atom. The second kappa shape index (κ2) is 8.85. The Bertz CT molecular complexity index is 504. The number of alkyl carbamates (subject to hydrolysis) is 1. The normalized spacial score (nSPS) is 9.90. The predicted molar refractivity (Wildman–Crippen MR) is 80.4 cm³/mol. The van der Waals surface area contributed by atoms with Gasteiger partial charge in [0.15, 0.2) is 5.05 Å². The Kier molecular flexibility index (Phi) is 7.10. The molecule has 0 aliphatic rings. The van der Waals surface area contributed by atoms with Crippen LogP contribution in [0.1, 0.15) is 24.8 Å². The van der Waals surface area contributed by atoms with Crippen LogP contribution in [0.3, 0.4) is 0 Å². The number of nitrogens with one attached hydrogen (secondary N) is 1. The molecule has 1 amide bonds. The zero-order chi connectivity index (χ0) is 15.7. The number of aliphatic hydroxyl groups is 1. The summed E-state index contributed by atoms with van der Waals surface area (Å²) in [5.74, 6) is 0. The second-order valence-corrected chi connectivity index (χ2v) is 4.75. The number of amides is 1.